The van der Waals surface area contributed by atoms with Crippen molar-refractivity contribution in [3.63, 3.8) is 0 Å². The quantitative estimate of drug-likeness (QED) is 0.766. The first-order chi connectivity index (χ1) is 12.1. The van der Waals surface area contributed by atoms with Gasteiger partial charge in [0.2, 0.25) is 5.89 Å². The number of hydrogen-bond acceptors (Lipinski definition) is 6. The molecule has 25 heavy (non-hydrogen) atoms. The summed E-state index contributed by atoms with van der Waals surface area (Å²) in [4.78, 5) is 12.3. The largest absolute Gasteiger partial charge is 0.493 e. The number of anilines is 1. The van der Waals surface area contributed by atoms with E-state index in [1.165, 1.54) is 44.6 Å². The first-order valence-corrected chi connectivity index (χ1v) is 7.23. The molecule has 7 nitrogen and oxygen atoms in total. The van der Waals surface area contributed by atoms with E-state index in [1.54, 1.807) is 12.1 Å². The van der Waals surface area contributed by atoms with E-state index < -0.39 is 5.91 Å². The average Bonchev–Trinajstić information content (AvgIpc) is 3.10. The van der Waals surface area contributed by atoms with Crippen LogP contribution in [0.2, 0.25) is 0 Å². The van der Waals surface area contributed by atoms with Gasteiger partial charge in [0.15, 0.2) is 11.5 Å². The van der Waals surface area contributed by atoms with E-state index in [0.717, 1.165) is 0 Å². The monoisotopic (exact) mass is 343 g/mol. The van der Waals surface area contributed by atoms with Gasteiger partial charge in [-0.05, 0) is 42.5 Å². The second-order valence-electron chi connectivity index (χ2n) is 4.94. The normalized spacial score (nSPS) is 10.4. The third-order valence-electron chi connectivity index (χ3n) is 3.38. The smallest absolute Gasteiger partial charge is 0.322 e. The summed E-state index contributed by atoms with van der Waals surface area (Å²) < 4.78 is 28.6. The maximum Gasteiger partial charge on any atom is 0.322 e. The van der Waals surface area contributed by atoms with Gasteiger partial charge in [-0.2, -0.15) is 0 Å². The van der Waals surface area contributed by atoms with Crippen LogP contribution >= 0.6 is 0 Å². The molecule has 1 amide bonds. The fourth-order valence-corrected chi connectivity index (χ4v) is 2.13. The van der Waals surface area contributed by atoms with Crippen molar-refractivity contribution in [3.05, 3.63) is 53.8 Å². The van der Waals surface area contributed by atoms with E-state index >= 15 is 0 Å². The van der Waals surface area contributed by atoms with Crippen LogP contribution in [0.25, 0.3) is 11.5 Å². The predicted molar refractivity (Wildman–Crippen MR) is 87.2 cm³/mol. The molecule has 1 aromatic heterocycles. The lowest BCUT2D eigenvalue weighted by Crippen LogP contribution is -2.12. The molecule has 0 saturated carbocycles. The molecule has 0 saturated heterocycles. The summed E-state index contributed by atoms with van der Waals surface area (Å²) in [5, 5.41) is 10.1. The molecule has 2 aromatic carbocycles. The number of carbonyl (C=O) groups excluding carboxylic acids is 1. The van der Waals surface area contributed by atoms with Crippen LogP contribution in [0.4, 0.5) is 10.4 Å². The van der Waals surface area contributed by atoms with Crippen molar-refractivity contribution >= 4 is 11.9 Å². The van der Waals surface area contributed by atoms with Gasteiger partial charge in [0.25, 0.3) is 5.91 Å². The molecule has 0 atom stereocenters. The molecule has 8 heteroatoms. The van der Waals surface area contributed by atoms with Crippen LogP contribution in [-0.2, 0) is 0 Å². The molecule has 0 aliphatic rings. The summed E-state index contributed by atoms with van der Waals surface area (Å²) in [5.74, 6) is 0.284. The van der Waals surface area contributed by atoms with Crippen LogP contribution in [0.5, 0.6) is 11.5 Å². The van der Waals surface area contributed by atoms with Crippen LogP contribution in [0.15, 0.2) is 46.9 Å². The van der Waals surface area contributed by atoms with Crippen molar-refractivity contribution in [2.24, 2.45) is 0 Å². The number of nitrogens with one attached hydrogen (secondary N) is 1. The van der Waals surface area contributed by atoms with Crippen molar-refractivity contribution in [1.82, 2.24) is 10.2 Å². The highest BCUT2D eigenvalue weighted by atomic mass is 19.1. The lowest BCUT2D eigenvalue weighted by Gasteiger charge is -2.08. The highest BCUT2D eigenvalue weighted by Gasteiger charge is 2.15. The molecule has 0 unspecified atom stereocenters. The first-order valence-electron chi connectivity index (χ1n) is 7.23. The molecule has 0 spiro atoms. The Morgan fingerprint density at radius 3 is 2.44 bits per heavy atom. The minimum atomic E-state index is -0.449. The minimum Gasteiger partial charge on any atom is -0.493 e. The van der Waals surface area contributed by atoms with Gasteiger partial charge in [-0.25, -0.2) is 4.39 Å². The standard InChI is InChI=1S/C17H14FN3O4/c1-23-13-8-5-11(9-14(13)24-2)15(22)19-17-21-20-16(25-17)10-3-6-12(18)7-4-10/h3-9H,1-2H3,(H,19,21,22). The van der Waals surface area contributed by atoms with E-state index in [9.17, 15) is 9.18 Å². The number of halogens is 1. The summed E-state index contributed by atoms with van der Waals surface area (Å²) in [5.41, 5.74) is 0.875. The number of benzene rings is 2. The van der Waals surface area contributed by atoms with Crippen LogP contribution in [-0.4, -0.2) is 30.3 Å². The second-order valence-corrected chi connectivity index (χ2v) is 4.94. The molecule has 3 aromatic rings. The van der Waals surface area contributed by atoms with Crippen LogP contribution < -0.4 is 14.8 Å². The Kier molecular flexibility index (Phi) is 4.60. The molecular formula is C17H14FN3O4. The van der Waals surface area contributed by atoms with Gasteiger partial charge in [0.1, 0.15) is 5.82 Å². The number of carbonyl (C=O) groups is 1. The Labute approximate surface area is 142 Å². The van der Waals surface area contributed by atoms with Crippen molar-refractivity contribution in [2.45, 2.75) is 0 Å². The number of methoxy groups -OCH3 is 2. The van der Waals surface area contributed by atoms with E-state index in [2.05, 4.69) is 15.5 Å². The fourth-order valence-electron chi connectivity index (χ4n) is 2.13. The van der Waals surface area contributed by atoms with Crippen molar-refractivity contribution in [1.29, 1.82) is 0 Å². The third kappa shape index (κ3) is 3.57. The number of ether oxygens (including phenoxy) is 2. The highest BCUT2D eigenvalue weighted by molar-refractivity contribution is 6.03. The Hall–Kier alpha value is -3.42. The van der Waals surface area contributed by atoms with Crippen LogP contribution in [0.1, 0.15) is 10.4 Å². The van der Waals surface area contributed by atoms with Crippen molar-refractivity contribution in [2.75, 3.05) is 19.5 Å². The molecule has 1 N–H and O–H groups in total. The summed E-state index contributed by atoms with van der Waals surface area (Å²) in [6.45, 7) is 0. The summed E-state index contributed by atoms with van der Waals surface area (Å²) in [6, 6.07) is 10.2. The maximum absolute atomic E-state index is 12.9. The lowest BCUT2D eigenvalue weighted by molar-refractivity contribution is 0.102. The molecule has 0 aliphatic carbocycles. The predicted octanol–water partition coefficient (Wildman–Crippen LogP) is 3.15. The number of nitrogens with zero attached hydrogens (tertiary/aromatic N) is 2. The van der Waals surface area contributed by atoms with Gasteiger partial charge < -0.3 is 13.9 Å². The molecule has 0 fully saturated rings. The van der Waals surface area contributed by atoms with Gasteiger partial charge in [-0.15, -0.1) is 5.10 Å². The zero-order valence-corrected chi connectivity index (χ0v) is 13.4. The Morgan fingerprint density at radius 1 is 1.04 bits per heavy atom. The van der Waals surface area contributed by atoms with Gasteiger partial charge in [0, 0.05) is 11.1 Å². The highest BCUT2D eigenvalue weighted by Crippen LogP contribution is 2.28. The summed E-state index contributed by atoms with van der Waals surface area (Å²) >= 11 is 0. The van der Waals surface area contributed by atoms with Crippen molar-refractivity contribution in [3.8, 4) is 23.0 Å². The molecule has 3 rings (SSSR count). The van der Waals surface area contributed by atoms with Gasteiger partial charge in [-0.1, -0.05) is 5.10 Å². The molecule has 0 bridgehead atoms. The topological polar surface area (TPSA) is 86.5 Å². The molecule has 0 radical (unpaired) electrons. The number of rotatable bonds is 5. The third-order valence-corrected chi connectivity index (χ3v) is 3.38. The Bertz CT molecular complexity index is 893. The average molecular weight is 343 g/mol. The van der Waals surface area contributed by atoms with Crippen LogP contribution in [0, 0.1) is 5.82 Å². The maximum atomic E-state index is 12.9. The van der Waals surface area contributed by atoms with Gasteiger partial charge >= 0.3 is 6.01 Å². The zero-order valence-electron chi connectivity index (χ0n) is 13.4. The number of hydrogen-bond donors (Lipinski definition) is 1. The minimum absolute atomic E-state index is 0.0703. The first kappa shape index (κ1) is 16.4. The van der Waals surface area contributed by atoms with E-state index in [4.69, 9.17) is 13.9 Å². The Morgan fingerprint density at radius 2 is 1.76 bits per heavy atom. The second kappa shape index (κ2) is 7.00. The van der Waals surface area contributed by atoms with Gasteiger partial charge in [0.05, 0.1) is 14.2 Å². The zero-order chi connectivity index (χ0) is 17.8. The summed E-state index contributed by atoms with van der Waals surface area (Å²) in [7, 11) is 2.99. The number of amides is 1. The van der Waals surface area contributed by atoms with E-state index in [-0.39, 0.29) is 17.7 Å². The van der Waals surface area contributed by atoms with E-state index in [0.29, 0.717) is 22.6 Å². The van der Waals surface area contributed by atoms with Crippen molar-refractivity contribution < 1.29 is 23.1 Å². The summed E-state index contributed by atoms with van der Waals surface area (Å²) in [6.07, 6.45) is 0. The number of aromatic nitrogens is 2. The SMILES string of the molecule is COc1ccc(C(=O)Nc2nnc(-c3ccc(F)cc3)o2)cc1OC. The van der Waals surface area contributed by atoms with E-state index in [1.807, 2.05) is 0 Å². The van der Waals surface area contributed by atoms with Crippen LogP contribution in [0.3, 0.4) is 0 Å². The molecule has 1 heterocycles. The van der Waals surface area contributed by atoms with Gasteiger partial charge in [-0.3, -0.25) is 10.1 Å². The fraction of sp³-hybridized carbons (Fsp3) is 0.118. The lowest BCUT2D eigenvalue weighted by atomic mass is 10.2. The molecular weight excluding hydrogens is 329 g/mol. The molecule has 128 valence electrons. The molecule has 0 aliphatic heterocycles. The Balaban J connectivity index is 1.76.